The van der Waals surface area contributed by atoms with E-state index in [4.69, 9.17) is 11.6 Å². The van der Waals surface area contributed by atoms with Crippen molar-refractivity contribution < 1.29 is 13.2 Å². The summed E-state index contributed by atoms with van der Waals surface area (Å²) in [6.45, 7) is 2.36. The normalized spacial score (nSPS) is 16.3. The fourth-order valence-electron chi connectivity index (χ4n) is 3.07. The Balaban J connectivity index is 1.71. The van der Waals surface area contributed by atoms with Gasteiger partial charge in [0, 0.05) is 17.3 Å². The molecule has 0 saturated carbocycles. The van der Waals surface area contributed by atoms with E-state index in [0.29, 0.717) is 29.4 Å². The van der Waals surface area contributed by atoms with Crippen LogP contribution in [0.2, 0.25) is 5.02 Å². The Hall–Kier alpha value is -2.05. The van der Waals surface area contributed by atoms with Crippen molar-refractivity contribution in [3.05, 3.63) is 58.6 Å². The molecule has 7 heteroatoms. The topological polar surface area (TPSA) is 66.5 Å². The summed E-state index contributed by atoms with van der Waals surface area (Å²) in [5.41, 5.74) is 3.03. The molecule has 26 heavy (non-hydrogen) atoms. The van der Waals surface area contributed by atoms with Gasteiger partial charge in [-0.25, -0.2) is 8.42 Å². The van der Waals surface area contributed by atoms with Crippen molar-refractivity contribution in [2.24, 2.45) is 0 Å². The summed E-state index contributed by atoms with van der Waals surface area (Å²) in [6, 6.07) is 12.4. The number of hydrogen-bond donors (Lipinski definition) is 1. The average molecular weight is 393 g/mol. The van der Waals surface area contributed by atoms with E-state index in [9.17, 15) is 13.2 Å². The number of carbonyl (C=O) groups is 1. The Morgan fingerprint density at radius 3 is 2.54 bits per heavy atom. The molecule has 2 aromatic rings. The lowest BCUT2D eigenvalue weighted by Gasteiger charge is -2.29. The Morgan fingerprint density at radius 1 is 1.15 bits per heavy atom. The zero-order chi connectivity index (χ0) is 18.7. The number of hydrogen-bond acceptors (Lipinski definition) is 3. The van der Waals surface area contributed by atoms with E-state index in [2.05, 4.69) is 5.32 Å². The third-order valence-electron chi connectivity index (χ3n) is 4.38. The maximum absolute atomic E-state index is 12.3. The number of amides is 1. The van der Waals surface area contributed by atoms with Crippen molar-refractivity contribution in [2.75, 3.05) is 21.9 Å². The maximum atomic E-state index is 12.3. The van der Waals surface area contributed by atoms with Crippen molar-refractivity contribution in [1.82, 2.24) is 0 Å². The molecule has 0 aromatic heterocycles. The zero-order valence-corrected chi connectivity index (χ0v) is 16.1. The molecule has 1 N–H and O–H groups in total. The number of nitrogens with one attached hydrogen (secondary N) is 1. The lowest BCUT2D eigenvalue weighted by molar-refractivity contribution is -0.115. The molecular formula is C19H21ClN2O3S. The monoisotopic (exact) mass is 392 g/mol. The van der Waals surface area contributed by atoms with E-state index in [0.717, 1.165) is 17.5 Å². The summed E-state index contributed by atoms with van der Waals surface area (Å²) in [5.74, 6) is 0.0523. The fourth-order valence-corrected chi connectivity index (χ4v) is 4.89. The van der Waals surface area contributed by atoms with E-state index in [1.54, 1.807) is 30.3 Å². The number of benzene rings is 2. The van der Waals surface area contributed by atoms with Crippen molar-refractivity contribution in [1.29, 1.82) is 0 Å². The number of nitrogens with zero attached hydrogens (tertiary/aromatic N) is 1. The number of anilines is 2. The van der Waals surface area contributed by atoms with Crippen LogP contribution < -0.4 is 9.62 Å². The van der Waals surface area contributed by atoms with Gasteiger partial charge in [0.05, 0.1) is 17.9 Å². The average Bonchev–Trinajstić information content (AvgIpc) is 2.57. The highest BCUT2D eigenvalue weighted by atomic mass is 35.5. The van der Waals surface area contributed by atoms with Gasteiger partial charge in [-0.2, -0.15) is 0 Å². The largest absolute Gasteiger partial charge is 0.326 e. The molecule has 0 atom stereocenters. The zero-order valence-electron chi connectivity index (χ0n) is 14.5. The standard InChI is InChI=1S/C19H21ClN2O3S/c1-14-12-17(21-19(23)13-15-4-6-16(20)7-5-15)8-9-18(14)22-10-2-3-11-26(22,24)25/h4-9,12H,2-3,10-11,13H2,1H3,(H,21,23). The quantitative estimate of drug-likeness (QED) is 0.861. The summed E-state index contributed by atoms with van der Waals surface area (Å²) in [6.07, 6.45) is 1.81. The Bertz CT molecular complexity index is 911. The highest BCUT2D eigenvalue weighted by Crippen LogP contribution is 2.29. The molecule has 1 amide bonds. The molecule has 1 heterocycles. The van der Waals surface area contributed by atoms with Crippen molar-refractivity contribution in [3.63, 3.8) is 0 Å². The first-order valence-corrected chi connectivity index (χ1v) is 10.5. The van der Waals surface area contributed by atoms with Crippen LogP contribution in [-0.2, 0) is 21.2 Å². The first-order valence-electron chi connectivity index (χ1n) is 8.50. The molecule has 1 aliphatic rings. The van der Waals surface area contributed by atoms with Crippen LogP contribution in [0.25, 0.3) is 0 Å². The highest BCUT2D eigenvalue weighted by Gasteiger charge is 2.27. The van der Waals surface area contributed by atoms with Gasteiger partial charge in [-0.3, -0.25) is 9.10 Å². The molecule has 1 fully saturated rings. The van der Waals surface area contributed by atoms with Crippen LogP contribution in [0.5, 0.6) is 0 Å². The van der Waals surface area contributed by atoms with Crippen molar-refractivity contribution in [3.8, 4) is 0 Å². The van der Waals surface area contributed by atoms with Gasteiger partial charge in [0.2, 0.25) is 15.9 Å². The van der Waals surface area contributed by atoms with E-state index >= 15 is 0 Å². The van der Waals surface area contributed by atoms with Crippen LogP contribution in [0.3, 0.4) is 0 Å². The number of rotatable bonds is 4. The Kier molecular flexibility index (Phi) is 5.53. The molecule has 0 radical (unpaired) electrons. The minimum absolute atomic E-state index is 0.134. The number of sulfonamides is 1. The fraction of sp³-hybridized carbons (Fsp3) is 0.316. The molecule has 0 bridgehead atoms. The molecule has 1 aliphatic heterocycles. The molecule has 5 nitrogen and oxygen atoms in total. The van der Waals surface area contributed by atoms with Crippen LogP contribution in [0.4, 0.5) is 11.4 Å². The third kappa shape index (κ3) is 4.37. The molecule has 0 aliphatic carbocycles. The molecular weight excluding hydrogens is 372 g/mol. The van der Waals surface area contributed by atoms with E-state index < -0.39 is 10.0 Å². The highest BCUT2D eigenvalue weighted by molar-refractivity contribution is 7.92. The van der Waals surface area contributed by atoms with Gasteiger partial charge in [-0.1, -0.05) is 23.7 Å². The molecule has 3 rings (SSSR count). The minimum Gasteiger partial charge on any atom is -0.326 e. The minimum atomic E-state index is -3.24. The van der Waals surface area contributed by atoms with Gasteiger partial charge in [0.15, 0.2) is 0 Å². The Morgan fingerprint density at radius 2 is 1.88 bits per heavy atom. The van der Waals surface area contributed by atoms with Crippen molar-refractivity contribution in [2.45, 2.75) is 26.2 Å². The van der Waals surface area contributed by atoms with E-state index in [1.807, 2.05) is 19.1 Å². The van der Waals surface area contributed by atoms with Gasteiger partial charge in [-0.15, -0.1) is 0 Å². The molecule has 0 spiro atoms. The predicted octanol–water partition coefficient (Wildman–Crippen LogP) is 3.76. The van der Waals surface area contributed by atoms with E-state index in [-0.39, 0.29) is 18.1 Å². The van der Waals surface area contributed by atoms with Gasteiger partial charge in [-0.05, 0) is 61.2 Å². The second-order valence-corrected chi connectivity index (χ2v) is 8.90. The van der Waals surface area contributed by atoms with Crippen LogP contribution in [-0.4, -0.2) is 26.6 Å². The summed E-state index contributed by atoms with van der Waals surface area (Å²) in [4.78, 5) is 12.2. The van der Waals surface area contributed by atoms with Gasteiger partial charge in [0.1, 0.15) is 0 Å². The van der Waals surface area contributed by atoms with Gasteiger partial charge < -0.3 is 5.32 Å². The Labute approximate surface area is 159 Å². The number of halogens is 1. The molecule has 2 aromatic carbocycles. The second kappa shape index (κ2) is 7.68. The number of aryl methyl sites for hydroxylation is 1. The van der Waals surface area contributed by atoms with Gasteiger partial charge >= 0.3 is 0 Å². The van der Waals surface area contributed by atoms with Crippen LogP contribution in [0.1, 0.15) is 24.0 Å². The first-order chi connectivity index (χ1) is 12.3. The molecule has 0 unspecified atom stereocenters. The predicted molar refractivity (Wildman–Crippen MR) is 105 cm³/mol. The summed E-state index contributed by atoms with van der Waals surface area (Å²) >= 11 is 5.85. The van der Waals surface area contributed by atoms with E-state index in [1.165, 1.54) is 4.31 Å². The maximum Gasteiger partial charge on any atom is 0.235 e. The molecule has 1 saturated heterocycles. The first kappa shape index (κ1) is 18.7. The summed E-state index contributed by atoms with van der Waals surface area (Å²) in [7, 11) is -3.24. The van der Waals surface area contributed by atoms with Crippen LogP contribution in [0.15, 0.2) is 42.5 Å². The molecule has 138 valence electrons. The number of carbonyl (C=O) groups excluding carboxylic acids is 1. The lowest BCUT2D eigenvalue weighted by Crippen LogP contribution is -2.38. The lowest BCUT2D eigenvalue weighted by atomic mass is 10.1. The summed E-state index contributed by atoms with van der Waals surface area (Å²) in [5, 5.41) is 3.49. The summed E-state index contributed by atoms with van der Waals surface area (Å²) < 4.78 is 26.0. The van der Waals surface area contributed by atoms with Gasteiger partial charge in [0.25, 0.3) is 0 Å². The van der Waals surface area contributed by atoms with Crippen LogP contribution >= 0.6 is 11.6 Å². The smallest absolute Gasteiger partial charge is 0.235 e. The van der Waals surface area contributed by atoms with Crippen LogP contribution in [0, 0.1) is 6.92 Å². The van der Waals surface area contributed by atoms with Crippen molar-refractivity contribution >= 4 is 38.9 Å². The third-order valence-corrected chi connectivity index (χ3v) is 6.48. The second-order valence-electron chi connectivity index (χ2n) is 6.45. The SMILES string of the molecule is Cc1cc(NC(=O)Cc2ccc(Cl)cc2)ccc1N1CCCCS1(=O)=O.